The first-order valence-corrected chi connectivity index (χ1v) is 10.3. The summed E-state index contributed by atoms with van der Waals surface area (Å²) in [4.78, 5) is 4.25. The van der Waals surface area contributed by atoms with Crippen molar-refractivity contribution in [1.29, 1.82) is 5.26 Å². The minimum atomic E-state index is -5.33. The average Bonchev–Trinajstić information content (AvgIpc) is 2.67. The lowest BCUT2D eigenvalue weighted by atomic mass is 10.1. The third-order valence-electron chi connectivity index (χ3n) is 4.35. The zero-order chi connectivity index (χ0) is 21.7. The van der Waals surface area contributed by atoms with Crippen LogP contribution in [0.3, 0.4) is 0 Å². The van der Waals surface area contributed by atoms with Crippen LogP contribution in [0.2, 0.25) is 0 Å². The molecular formula is C17H21F4N5O2S. The molecule has 1 saturated heterocycles. The van der Waals surface area contributed by atoms with Gasteiger partial charge in [-0.25, -0.2) is 17.8 Å². The fourth-order valence-corrected chi connectivity index (χ4v) is 3.81. The van der Waals surface area contributed by atoms with Crippen molar-refractivity contribution in [3.63, 3.8) is 0 Å². The number of piperidine rings is 1. The van der Waals surface area contributed by atoms with Crippen molar-refractivity contribution in [3.8, 4) is 6.07 Å². The third kappa shape index (κ3) is 5.80. The lowest BCUT2D eigenvalue weighted by Gasteiger charge is -2.32. The molecular weight excluding hydrogens is 414 g/mol. The zero-order valence-electron chi connectivity index (χ0n) is 15.6. The van der Waals surface area contributed by atoms with Crippen LogP contribution in [0.1, 0.15) is 30.9 Å². The molecule has 12 heteroatoms. The predicted octanol–water partition coefficient (Wildman–Crippen LogP) is 2.07. The number of nitriles is 1. The van der Waals surface area contributed by atoms with E-state index in [0.29, 0.717) is 22.4 Å². The summed E-state index contributed by atoms with van der Waals surface area (Å²) in [6.07, 6.45) is 0.329. The number of rotatable bonds is 5. The normalized spacial score (nSPS) is 17.0. The Morgan fingerprint density at radius 3 is 2.55 bits per heavy atom. The summed E-state index contributed by atoms with van der Waals surface area (Å²) in [7, 11) is -5.33. The Balaban J connectivity index is 2.02. The fourth-order valence-electron chi connectivity index (χ4n) is 2.83. The first-order valence-electron chi connectivity index (χ1n) is 8.88. The summed E-state index contributed by atoms with van der Waals surface area (Å²) in [6, 6.07) is 5.56. The Morgan fingerprint density at radius 1 is 1.34 bits per heavy atom. The summed E-state index contributed by atoms with van der Waals surface area (Å²) >= 11 is 0. The number of aliphatic imine (C=N–C) groups is 1. The van der Waals surface area contributed by atoms with Gasteiger partial charge in [-0.05, 0) is 38.0 Å². The maximum absolute atomic E-state index is 13.9. The van der Waals surface area contributed by atoms with Gasteiger partial charge >= 0.3 is 15.5 Å². The Bertz CT molecular complexity index is 888. The number of alkyl halides is 3. The van der Waals surface area contributed by atoms with Gasteiger partial charge in [-0.1, -0.05) is 0 Å². The molecule has 1 fully saturated rings. The highest BCUT2D eigenvalue weighted by atomic mass is 32.2. The molecule has 29 heavy (non-hydrogen) atoms. The first kappa shape index (κ1) is 22.9. The van der Waals surface area contributed by atoms with Crippen molar-refractivity contribution in [2.75, 3.05) is 19.6 Å². The highest BCUT2D eigenvalue weighted by Gasteiger charge is 2.50. The number of benzene rings is 1. The minimum absolute atomic E-state index is 0.0437. The number of nitrogens with zero attached hydrogens (tertiary/aromatic N) is 3. The standard InChI is InChI=1S/C17H21F4N5O2S/c1-2-23-16(24-11-13-9-12(10-22)3-4-15(13)18)25-14-5-7-26(8-6-14)29(27,28)17(19,20)21/h3-4,9,14H,2,5-8,11H2,1H3,(H2,23,24,25). The molecule has 1 heterocycles. The molecule has 160 valence electrons. The second-order valence-corrected chi connectivity index (χ2v) is 8.31. The molecule has 1 aromatic rings. The molecule has 0 aromatic heterocycles. The minimum Gasteiger partial charge on any atom is -0.357 e. The Kier molecular flexibility index (Phi) is 7.43. The van der Waals surface area contributed by atoms with Crippen LogP contribution in [0, 0.1) is 17.1 Å². The summed E-state index contributed by atoms with van der Waals surface area (Å²) < 4.78 is 75.2. The van der Waals surface area contributed by atoms with Gasteiger partial charge in [-0.2, -0.15) is 22.7 Å². The van der Waals surface area contributed by atoms with Gasteiger partial charge < -0.3 is 10.6 Å². The molecule has 1 aliphatic heterocycles. The van der Waals surface area contributed by atoms with E-state index in [2.05, 4.69) is 15.6 Å². The lowest BCUT2D eigenvalue weighted by molar-refractivity contribution is -0.0494. The highest BCUT2D eigenvalue weighted by molar-refractivity contribution is 7.90. The van der Waals surface area contributed by atoms with Gasteiger partial charge in [-0.3, -0.25) is 0 Å². The maximum Gasteiger partial charge on any atom is 0.511 e. The van der Waals surface area contributed by atoms with Gasteiger partial charge in [0.05, 0.1) is 18.2 Å². The monoisotopic (exact) mass is 435 g/mol. The van der Waals surface area contributed by atoms with Crippen LogP contribution >= 0.6 is 0 Å². The van der Waals surface area contributed by atoms with Crippen LogP contribution in [-0.2, 0) is 16.6 Å². The molecule has 0 amide bonds. The quantitative estimate of drug-likeness (QED) is 0.419. The zero-order valence-corrected chi connectivity index (χ0v) is 16.4. The Labute approximate surface area is 166 Å². The second-order valence-electron chi connectivity index (χ2n) is 6.38. The summed E-state index contributed by atoms with van der Waals surface area (Å²) in [5, 5.41) is 14.9. The topological polar surface area (TPSA) is 97.6 Å². The van der Waals surface area contributed by atoms with Gasteiger partial charge in [0.2, 0.25) is 0 Å². The molecule has 2 rings (SSSR count). The van der Waals surface area contributed by atoms with Crippen LogP contribution in [0.4, 0.5) is 17.6 Å². The van der Waals surface area contributed by atoms with E-state index in [1.54, 1.807) is 0 Å². The predicted molar refractivity (Wildman–Crippen MR) is 98.6 cm³/mol. The van der Waals surface area contributed by atoms with Crippen molar-refractivity contribution in [2.45, 2.75) is 37.9 Å². The molecule has 0 unspecified atom stereocenters. The molecule has 0 spiro atoms. The van der Waals surface area contributed by atoms with E-state index in [0.717, 1.165) is 0 Å². The van der Waals surface area contributed by atoms with Crippen molar-refractivity contribution >= 4 is 16.0 Å². The number of sulfonamides is 1. The molecule has 0 atom stereocenters. The van der Waals surface area contributed by atoms with Crippen LogP contribution < -0.4 is 10.6 Å². The van der Waals surface area contributed by atoms with Crippen LogP contribution in [0.25, 0.3) is 0 Å². The molecule has 2 N–H and O–H groups in total. The smallest absolute Gasteiger partial charge is 0.357 e. The molecule has 0 aliphatic carbocycles. The molecule has 7 nitrogen and oxygen atoms in total. The van der Waals surface area contributed by atoms with Gasteiger partial charge in [0.1, 0.15) is 5.82 Å². The van der Waals surface area contributed by atoms with E-state index >= 15 is 0 Å². The van der Waals surface area contributed by atoms with Crippen LogP contribution in [0.15, 0.2) is 23.2 Å². The van der Waals surface area contributed by atoms with Crippen LogP contribution in [0.5, 0.6) is 0 Å². The van der Waals surface area contributed by atoms with E-state index in [-0.39, 0.29) is 44.1 Å². The number of guanidine groups is 1. The van der Waals surface area contributed by atoms with Gasteiger partial charge in [0.25, 0.3) is 0 Å². The second kappa shape index (κ2) is 9.41. The average molecular weight is 435 g/mol. The van der Waals surface area contributed by atoms with Crippen LogP contribution in [-0.4, -0.2) is 49.9 Å². The number of hydrogen-bond donors (Lipinski definition) is 2. The van der Waals surface area contributed by atoms with Gasteiger partial charge in [0, 0.05) is 31.2 Å². The van der Waals surface area contributed by atoms with E-state index < -0.39 is 21.3 Å². The molecule has 1 aliphatic rings. The van der Waals surface area contributed by atoms with Crippen molar-refractivity contribution < 1.29 is 26.0 Å². The van der Waals surface area contributed by atoms with E-state index in [1.165, 1.54) is 18.2 Å². The SMILES string of the molecule is CCNC(=NCc1cc(C#N)ccc1F)NC1CCN(S(=O)(=O)C(F)(F)F)CC1. The van der Waals surface area contributed by atoms with Crippen molar-refractivity contribution in [1.82, 2.24) is 14.9 Å². The fraction of sp³-hybridized carbons (Fsp3) is 0.529. The molecule has 1 aromatic carbocycles. The summed E-state index contributed by atoms with van der Waals surface area (Å²) in [6.45, 7) is 1.73. The van der Waals surface area contributed by atoms with Crippen molar-refractivity contribution in [3.05, 3.63) is 35.1 Å². The molecule has 0 radical (unpaired) electrons. The third-order valence-corrected chi connectivity index (χ3v) is 5.98. The molecule has 0 bridgehead atoms. The lowest BCUT2D eigenvalue weighted by Crippen LogP contribution is -2.51. The van der Waals surface area contributed by atoms with E-state index in [4.69, 9.17) is 5.26 Å². The van der Waals surface area contributed by atoms with E-state index in [9.17, 15) is 26.0 Å². The number of hydrogen-bond acceptors (Lipinski definition) is 4. The highest BCUT2D eigenvalue weighted by Crippen LogP contribution is 2.28. The summed E-state index contributed by atoms with van der Waals surface area (Å²) in [5.41, 5.74) is -4.79. The Morgan fingerprint density at radius 2 is 2.00 bits per heavy atom. The van der Waals surface area contributed by atoms with Gasteiger partial charge in [-0.15, -0.1) is 0 Å². The van der Waals surface area contributed by atoms with Gasteiger partial charge in [0.15, 0.2) is 5.96 Å². The Hall–Kier alpha value is -2.39. The first-order chi connectivity index (χ1) is 13.6. The van der Waals surface area contributed by atoms with Crippen molar-refractivity contribution in [2.24, 2.45) is 4.99 Å². The number of halogens is 4. The number of nitrogens with one attached hydrogen (secondary N) is 2. The largest absolute Gasteiger partial charge is 0.511 e. The molecule has 0 saturated carbocycles. The maximum atomic E-state index is 13.9. The van der Waals surface area contributed by atoms with E-state index in [1.807, 2.05) is 13.0 Å². The summed E-state index contributed by atoms with van der Waals surface area (Å²) in [5.74, 6) is -0.180.